The Morgan fingerprint density at radius 2 is 2.09 bits per heavy atom. The molecule has 0 fully saturated rings. The van der Waals surface area contributed by atoms with Gasteiger partial charge in [0.1, 0.15) is 5.82 Å². The molecule has 5 nitrogen and oxygen atoms in total. The number of esters is 1. The summed E-state index contributed by atoms with van der Waals surface area (Å²) in [7, 11) is 0. The standard InChI is InChI=1S/C15H14ClFN2O3S/c1-4-13-14(22-9(3)21)19(8(2)20)15(23-13)18-10-5-6-12(17)11(16)7-10/h5-7H,4H2,1-3H3. The Balaban J connectivity index is 2.67. The van der Waals surface area contributed by atoms with E-state index in [4.69, 9.17) is 16.3 Å². The second kappa shape index (κ2) is 7.06. The summed E-state index contributed by atoms with van der Waals surface area (Å²) >= 11 is 6.96. The quantitative estimate of drug-likeness (QED) is 0.787. The number of carbonyl (C=O) groups is 2. The molecule has 0 N–H and O–H groups in total. The maximum atomic E-state index is 13.2. The van der Waals surface area contributed by atoms with Crippen LogP contribution in [-0.4, -0.2) is 16.4 Å². The smallest absolute Gasteiger partial charge is 0.309 e. The second-order valence-electron chi connectivity index (χ2n) is 4.62. The topological polar surface area (TPSA) is 60.7 Å². The molecule has 0 aliphatic heterocycles. The number of aromatic nitrogens is 1. The van der Waals surface area contributed by atoms with Gasteiger partial charge in [-0.25, -0.2) is 13.9 Å². The largest absolute Gasteiger partial charge is 0.408 e. The number of hydrogen-bond donors (Lipinski definition) is 0. The summed E-state index contributed by atoms with van der Waals surface area (Å²) in [5.41, 5.74) is 0.393. The highest BCUT2D eigenvalue weighted by Gasteiger charge is 2.18. The number of hydrogen-bond acceptors (Lipinski definition) is 5. The average molecular weight is 357 g/mol. The molecule has 0 saturated carbocycles. The molecular formula is C15H14ClFN2O3S. The van der Waals surface area contributed by atoms with E-state index >= 15 is 0 Å². The Hall–Kier alpha value is -1.99. The summed E-state index contributed by atoms with van der Waals surface area (Å²) in [5.74, 6) is -1.25. The molecule has 1 aromatic heterocycles. The Morgan fingerprint density at radius 3 is 2.61 bits per heavy atom. The number of thiazole rings is 1. The van der Waals surface area contributed by atoms with Crippen molar-refractivity contribution in [2.24, 2.45) is 4.99 Å². The van der Waals surface area contributed by atoms with Gasteiger partial charge in [0.15, 0.2) is 4.80 Å². The first-order valence-electron chi connectivity index (χ1n) is 6.77. The Morgan fingerprint density at radius 1 is 1.39 bits per heavy atom. The molecule has 0 amide bonds. The van der Waals surface area contributed by atoms with E-state index in [1.54, 1.807) is 0 Å². The van der Waals surface area contributed by atoms with Crippen molar-refractivity contribution in [2.45, 2.75) is 27.2 Å². The molecule has 0 spiro atoms. The fraction of sp³-hybridized carbons (Fsp3) is 0.267. The Kier molecular flexibility index (Phi) is 5.33. The number of rotatable bonds is 3. The summed E-state index contributed by atoms with van der Waals surface area (Å²) in [6.45, 7) is 4.48. The highest BCUT2D eigenvalue weighted by molar-refractivity contribution is 7.09. The van der Waals surface area contributed by atoms with E-state index in [0.717, 1.165) is 0 Å². The third-order valence-corrected chi connectivity index (χ3v) is 4.31. The molecule has 0 radical (unpaired) electrons. The second-order valence-corrected chi connectivity index (χ2v) is 6.09. The van der Waals surface area contributed by atoms with Crippen LogP contribution >= 0.6 is 22.9 Å². The summed E-state index contributed by atoms with van der Waals surface area (Å²) in [6.07, 6.45) is 0.570. The summed E-state index contributed by atoms with van der Waals surface area (Å²) in [6, 6.07) is 4.00. The normalized spacial score (nSPS) is 11.6. The van der Waals surface area contributed by atoms with Gasteiger partial charge in [0, 0.05) is 13.8 Å². The molecule has 23 heavy (non-hydrogen) atoms. The third-order valence-electron chi connectivity index (χ3n) is 2.85. The molecule has 8 heteroatoms. The number of carbonyl (C=O) groups excluding carboxylic acids is 2. The van der Waals surface area contributed by atoms with Gasteiger partial charge in [-0.15, -0.1) is 0 Å². The van der Waals surface area contributed by atoms with Crippen molar-refractivity contribution in [1.82, 2.24) is 4.57 Å². The minimum absolute atomic E-state index is 0.0619. The van der Waals surface area contributed by atoms with Crippen LogP contribution < -0.4 is 9.54 Å². The summed E-state index contributed by atoms with van der Waals surface area (Å²) in [4.78, 5) is 28.6. The SMILES string of the molecule is CCc1sc(=Nc2ccc(F)c(Cl)c2)n(C(C)=O)c1OC(C)=O. The number of aryl methyl sites for hydroxylation is 1. The lowest BCUT2D eigenvalue weighted by atomic mass is 10.3. The molecule has 1 aromatic carbocycles. The minimum atomic E-state index is -0.550. The number of nitrogens with zero attached hydrogens (tertiary/aromatic N) is 2. The van der Waals surface area contributed by atoms with Gasteiger partial charge >= 0.3 is 5.97 Å². The van der Waals surface area contributed by atoms with Crippen LogP contribution in [0.25, 0.3) is 0 Å². The fourth-order valence-corrected chi connectivity index (χ4v) is 3.10. The lowest BCUT2D eigenvalue weighted by Gasteiger charge is -2.05. The molecule has 0 aliphatic rings. The molecule has 0 aliphatic carbocycles. The van der Waals surface area contributed by atoms with E-state index in [0.29, 0.717) is 21.8 Å². The molecule has 0 saturated heterocycles. The van der Waals surface area contributed by atoms with Crippen LogP contribution in [0.1, 0.15) is 30.4 Å². The Bertz CT molecular complexity index is 842. The number of benzene rings is 1. The van der Waals surface area contributed by atoms with Gasteiger partial charge < -0.3 is 4.74 Å². The average Bonchev–Trinajstić information content (AvgIpc) is 2.79. The van der Waals surface area contributed by atoms with E-state index in [1.165, 1.54) is 48.0 Å². The third kappa shape index (κ3) is 3.86. The van der Waals surface area contributed by atoms with Crippen molar-refractivity contribution in [3.8, 4) is 5.88 Å². The minimum Gasteiger partial charge on any atom is -0.408 e. The van der Waals surface area contributed by atoms with Crippen LogP contribution in [0.2, 0.25) is 5.02 Å². The fourth-order valence-electron chi connectivity index (χ4n) is 1.89. The maximum Gasteiger partial charge on any atom is 0.309 e. The van der Waals surface area contributed by atoms with E-state index in [9.17, 15) is 14.0 Å². The van der Waals surface area contributed by atoms with Gasteiger partial charge in [0.25, 0.3) is 0 Å². The lowest BCUT2D eigenvalue weighted by molar-refractivity contribution is -0.132. The molecule has 0 atom stereocenters. The molecule has 0 unspecified atom stereocenters. The van der Waals surface area contributed by atoms with E-state index in [-0.39, 0.29) is 16.8 Å². The zero-order valence-corrected chi connectivity index (χ0v) is 14.3. The van der Waals surface area contributed by atoms with Crippen LogP contribution in [-0.2, 0) is 11.2 Å². The van der Waals surface area contributed by atoms with Crippen LogP contribution in [0.5, 0.6) is 5.88 Å². The van der Waals surface area contributed by atoms with Crippen molar-refractivity contribution >= 4 is 40.5 Å². The van der Waals surface area contributed by atoms with Crippen molar-refractivity contribution in [1.29, 1.82) is 0 Å². The zero-order valence-electron chi connectivity index (χ0n) is 12.7. The van der Waals surface area contributed by atoms with E-state index in [2.05, 4.69) is 4.99 Å². The van der Waals surface area contributed by atoms with Gasteiger partial charge in [-0.2, -0.15) is 0 Å². The maximum absolute atomic E-state index is 13.2. The van der Waals surface area contributed by atoms with Crippen LogP contribution in [0.4, 0.5) is 10.1 Å². The zero-order chi connectivity index (χ0) is 17.1. The first-order chi connectivity index (χ1) is 10.8. The van der Waals surface area contributed by atoms with Gasteiger partial charge in [0.05, 0.1) is 15.6 Å². The predicted molar refractivity (Wildman–Crippen MR) is 85.9 cm³/mol. The van der Waals surface area contributed by atoms with E-state index < -0.39 is 11.8 Å². The number of halogens is 2. The van der Waals surface area contributed by atoms with Crippen molar-refractivity contribution < 1.29 is 18.7 Å². The first-order valence-corrected chi connectivity index (χ1v) is 7.96. The Labute approximate surface area is 141 Å². The molecule has 2 aromatic rings. The highest BCUT2D eigenvalue weighted by atomic mass is 35.5. The van der Waals surface area contributed by atoms with Crippen LogP contribution in [0.3, 0.4) is 0 Å². The lowest BCUT2D eigenvalue weighted by Crippen LogP contribution is -2.22. The molecule has 1 heterocycles. The molecular weight excluding hydrogens is 343 g/mol. The van der Waals surface area contributed by atoms with Crippen molar-refractivity contribution in [2.75, 3.05) is 0 Å². The van der Waals surface area contributed by atoms with Gasteiger partial charge in [-0.1, -0.05) is 29.9 Å². The van der Waals surface area contributed by atoms with Gasteiger partial charge in [-0.05, 0) is 24.6 Å². The highest BCUT2D eigenvalue weighted by Crippen LogP contribution is 2.25. The van der Waals surface area contributed by atoms with Crippen LogP contribution in [0, 0.1) is 5.82 Å². The summed E-state index contributed by atoms with van der Waals surface area (Å²) in [5, 5.41) is -0.0619. The van der Waals surface area contributed by atoms with Crippen LogP contribution in [0.15, 0.2) is 23.2 Å². The van der Waals surface area contributed by atoms with Crippen molar-refractivity contribution in [3.05, 3.63) is 38.7 Å². The van der Waals surface area contributed by atoms with Gasteiger partial charge in [0.2, 0.25) is 11.8 Å². The monoisotopic (exact) mass is 356 g/mol. The first kappa shape index (κ1) is 17.4. The van der Waals surface area contributed by atoms with Gasteiger partial charge in [-0.3, -0.25) is 9.59 Å². The summed E-state index contributed by atoms with van der Waals surface area (Å²) < 4.78 is 19.6. The molecule has 122 valence electrons. The predicted octanol–water partition coefficient (Wildman–Crippen LogP) is 3.72. The van der Waals surface area contributed by atoms with Crippen molar-refractivity contribution in [3.63, 3.8) is 0 Å². The molecule has 0 bridgehead atoms. The molecule has 2 rings (SSSR count). The number of ether oxygens (including phenoxy) is 1. The van der Waals surface area contributed by atoms with E-state index in [1.807, 2.05) is 6.92 Å².